The monoisotopic (exact) mass is 202 g/mol. The minimum Gasteiger partial charge on any atom is -0.469 e. The number of ether oxygens (including phenoxy) is 1. The Morgan fingerprint density at radius 3 is 2.33 bits per heavy atom. The van der Waals surface area contributed by atoms with Crippen LogP contribution in [0.2, 0.25) is 0 Å². The Labute approximate surface area is 88.7 Å². The largest absolute Gasteiger partial charge is 0.469 e. The van der Waals surface area contributed by atoms with E-state index in [1.807, 2.05) is 0 Å². The summed E-state index contributed by atoms with van der Waals surface area (Å²) in [7, 11) is 1.55. The standard InChI is InChI=1S/C13H14O2/c1-15-12(14)13-9-7-5-2-3-6(4-5)8(7)10(13)11(9)13/h2-3,5-11H,4H2,1H3/t5-,6+,7-,8+,9?,10?,11?,13?. The van der Waals surface area contributed by atoms with Crippen molar-refractivity contribution >= 4 is 5.97 Å². The summed E-state index contributed by atoms with van der Waals surface area (Å²) < 4.78 is 5.00. The second-order valence-corrected chi connectivity index (χ2v) is 6.10. The Bertz CT molecular complexity index is 398. The normalized spacial score (nSPS) is 69.0. The molecule has 78 valence electrons. The molecule has 0 radical (unpaired) electrons. The molecule has 8 atom stereocenters. The van der Waals surface area contributed by atoms with Crippen molar-refractivity contribution in [2.75, 3.05) is 7.11 Å². The molecule has 0 aromatic rings. The third-order valence-electron chi connectivity index (χ3n) is 6.16. The fourth-order valence-electron chi connectivity index (χ4n) is 5.87. The molecule has 6 rings (SSSR count). The second kappa shape index (κ2) is 1.79. The molecule has 0 heterocycles. The average molecular weight is 202 g/mol. The van der Waals surface area contributed by atoms with Gasteiger partial charge in [-0.3, -0.25) is 4.79 Å². The quantitative estimate of drug-likeness (QED) is 0.475. The van der Waals surface area contributed by atoms with Crippen LogP contribution in [0.1, 0.15) is 6.42 Å². The van der Waals surface area contributed by atoms with E-state index in [9.17, 15) is 4.79 Å². The number of carbonyl (C=O) groups excluding carboxylic acids is 1. The number of methoxy groups -OCH3 is 1. The Kier molecular flexibility index (Phi) is 0.890. The van der Waals surface area contributed by atoms with Crippen LogP contribution >= 0.6 is 0 Å². The van der Waals surface area contributed by atoms with E-state index >= 15 is 0 Å². The highest BCUT2D eigenvalue weighted by atomic mass is 16.5. The van der Waals surface area contributed by atoms with Crippen molar-refractivity contribution in [2.45, 2.75) is 6.42 Å². The van der Waals surface area contributed by atoms with Crippen LogP contribution in [0.4, 0.5) is 0 Å². The van der Waals surface area contributed by atoms with E-state index in [-0.39, 0.29) is 11.4 Å². The first kappa shape index (κ1) is 7.48. The lowest BCUT2D eigenvalue weighted by atomic mass is 9.86. The molecule has 15 heavy (non-hydrogen) atoms. The lowest BCUT2D eigenvalue weighted by Crippen LogP contribution is -2.17. The molecule has 2 heteroatoms. The lowest BCUT2D eigenvalue weighted by molar-refractivity contribution is -0.145. The van der Waals surface area contributed by atoms with E-state index in [1.165, 1.54) is 6.42 Å². The van der Waals surface area contributed by atoms with Gasteiger partial charge >= 0.3 is 5.97 Å². The first-order valence-electron chi connectivity index (χ1n) is 6.08. The van der Waals surface area contributed by atoms with Gasteiger partial charge in [-0.15, -0.1) is 0 Å². The first-order valence-corrected chi connectivity index (χ1v) is 6.08. The smallest absolute Gasteiger partial charge is 0.312 e. The Morgan fingerprint density at radius 2 is 1.80 bits per heavy atom. The number of hydrogen-bond donors (Lipinski definition) is 0. The van der Waals surface area contributed by atoms with Gasteiger partial charge in [-0.1, -0.05) is 12.2 Å². The molecule has 2 nitrogen and oxygen atoms in total. The fourth-order valence-corrected chi connectivity index (χ4v) is 5.87. The Hall–Kier alpha value is -0.790. The van der Waals surface area contributed by atoms with E-state index in [1.54, 1.807) is 7.11 Å². The summed E-state index contributed by atoms with van der Waals surface area (Å²) in [4.78, 5) is 11.8. The predicted octanol–water partition coefficient (Wildman–Crippen LogP) is 1.47. The highest BCUT2D eigenvalue weighted by Crippen LogP contribution is 2.97. The van der Waals surface area contributed by atoms with Gasteiger partial charge in [0.25, 0.3) is 0 Å². The molecule has 0 amide bonds. The zero-order chi connectivity index (χ0) is 9.95. The van der Waals surface area contributed by atoms with Gasteiger partial charge in [0.2, 0.25) is 0 Å². The number of allylic oxidation sites excluding steroid dienone is 2. The summed E-state index contributed by atoms with van der Waals surface area (Å²) in [6, 6.07) is 0. The van der Waals surface area contributed by atoms with E-state index in [0.717, 1.165) is 41.4 Å². The van der Waals surface area contributed by atoms with Crippen molar-refractivity contribution in [1.29, 1.82) is 0 Å². The molecule has 5 fully saturated rings. The van der Waals surface area contributed by atoms with Crippen LogP contribution in [0.15, 0.2) is 12.2 Å². The number of carbonyl (C=O) groups is 1. The van der Waals surface area contributed by atoms with Gasteiger partial charge < -0.3 is 4.74 Å². The minimum atomic E-state index is 0.0486. The maximum atomic E-state index is 11.8. The first-order chi connectivity index (χ1) is 7.31. The van der Waals surface area contributed by atoms with Crippen molar-refractivity contribution in [3.63, 3.8) is 0 Å². The third kappa shape index (κ3) is 0.490. The maximum absolute atomic E-state index is 11.8. The maximum Gasteiger partial charge on any atom is 0.312 e. The SMILES string of the molecule is COC(=O)C12C3C1[C@@H]1[C@H](C32)[C@@H]2C=C[C@H]1C2. The molecule has 0 spiro atoms. The van der Waals surface area contributed by atoms with Crippen LogP contribution in [0.3, 0.4) is 0 Å². The summed E-state index contributed by atoms with van der Waals surface area (Å²) in [6.07, 6.45) is 6.21. The minimum absolute atomic E-state index is 0.0486. The molecule has 0 saturated heterocycles. The van der Waals surface area contributed by atoms with Gasteiger partial charge in [0.15, 0.2) is 0 Å². The van der Waals surface area contributed by atoms with Crippen LogP contribution in [0.25, 0.3) is 0 Å². The summed E-state index contributed by atoms with van der Waals surface area (Å²) >= 11 is 0. The van der Waals surface area contributed by atoms with E-state index in [2.05, 4.69) is 12.2 Å². The van der Waals surface area contributed by atoms with Crippen molar-refractivity contribution in [2.24, 2.45) is 46.8 Å². The van der Waals surface area contributed by atoms with Gasteiger partial charge in [0, 0.05) is 0 Å². The summed E-state index contributed by atoms with van der Waals surface area (Å²) in [6.45, 7) is 0. The molecule has 0 aromatic heterocycles. The predicted molar refractivity (Wildman–Crippen MR) is 52.6 cm³/mol. The molecular weight excluding hydrogens is 188 g/mol. The Balaban J connectivity index is 1.58. The van der Waals surface area contributed by atoms with Crippen LogP contribution in [0.5, 0.6) is 0 Å². The topological polar surface area (TPSA) is 26.3 Å². The number of fused-ring (bicyclic) bond motifs is 2. The van der Waals surface area contributed by atoms with Crippen molar-refractivity contribution in [3.05, 3.63) is 12.2 Å². The highest BCUT2D eigenvalue weighted by Gasteiger charge is 2.99. The zero-order valence-corrected chi connectivity index (χ0v) is 8.72. The summed E-state index contributed by atoms with van der Waals surface area (Å²) in [5.74, 6) is 5.63. The molecule has 0 aliphatic heterocycles. The molecule has 4 unspecified atom stereocenters. The van der Waals surface area contributed by atoms with Gasteiger partial charge in [0.05, 0.1) is 12.5 Å². The van der Waals surface area contributed by atoms with E-state index in [4.69, 9.17) is 4.74 Å². The Morgan fingerprint density at radius 1 is 1.20 bits per heavy atom. The molecule has 0 N–H and O–H groups in total. The molecule has 0 aromatic carbocycles. The van der Waals surface area contributed by atoms with Crippen molar-refractivity contribution < 1.29 is 9.53 Å². The second-order valence-electron chi connectivity index (χ2n) is 6.10. The molecular formula is C13H14O2. The van der Waals surface area contributed by atoms with E-state index in [0.29, 0.717) is 0 Å². The molecule has 6 aliphatic carbocycles. The average Bonchev–Trinajstić information content (AvgIpc) is 2.79. The third-order valence-corrected chi connectivity index (χ3v) is 6.16. The van der Waals surface area contributed by atoms with Crippen LogP contribution in [-0.2, 0) is 9.53 Å². The van der Waals surface area contributed by atoms with Crippen molar-refractivity contribution in [1.82, 2.24) is 0 Å². The number of esters is 1. The van der Waals surface area contributed by atoms with Gasteiger partial charge in [-0.25, -0.2) is 0 Å². The molecule has 6 aliphatic rings. The molecule has 4 bridgehead atoms. The van der Waals surface area contributed by atoms with Crippen LogP contribution < -0.4 is 0 Å². The van der Waals surface area contributed by atoms with Crippen LogP contribution in [-0.4, -0.2) is 13.1 Å². The van der Waals surface area contributed by atoms with Gasteiger partial charge in [-0.05, 0) is 47.8 Å². The summed E-state index contributed by atoms with van der Waals surface area (Å²) in [5, 5.41) is 0. The number of rotatable bonds is 1. The fraction of sp³-hybridized carbons (Fsp3) is 0.769. The van der Waals surface area contributed by atoms with E-state index < -0.39 is 0 Å². The highest BCUT2D eigenvalue weighted by molar-refractivity contribution is 5.89. The van der Waals surface area contributed by atoms with Crippen LogP contribution in [0, 0.1) is 46.8 Å². The van der Waals surface area contributed by atoms with Gasteiger partial charge in [0.1, 0.15) is 0 Å². The number of hydrogen-bond acceptors (Lipinski definition) is 2. The lowest BCUT2D eigenvalue weighted by Gasteiger charge is -2.18. The zero-order valence-electron chi connectivity index (χ0n) is 8.72. The van der Waals surface area contributed by atoms with Crippen molar-refractivity contribution in [3.8, 4) is 0 Å². The molecule has 5 saturated carbocycles. The van der Waals surface area contributed by atoms with Gasteiger partial charge in [-0.2, -0.15) is 0 Å². The summed E-state index contributed by atoms with van der Waals surface area (Å²) in [5.41, 5.74) is 0.0486.